The van der Waals surface area contributed by atoms with Gasteiger partial charge in [0.25, 0.3) is 5.91 Å². The predicted octanol–water partition coefficient (Wildman–Crippen LogP) is 6.81. The van der Waals surface area contributed by atoms with Crippen LogP contribution in [-0.4, -0.2) is 55.8 Å². The van der Waals surface area contributed by atoms with Crippen LogP contribution in [0.5, 0.6) is 0 Å². The van der Waals surface area contributed by atoms with Crippen LogP contribution in [0.4, 0.5) is 8.78 Å². The number of benzene rings is 1. The number of alkyl halides is 1. The molecule has 3 atom stereocenters. The number of hydrogen-bond acceptors (Lipinski definition) is 6. The van der Waals surface area contributed by atoms with Crippen molar-refractivity contribution >= 4 is 16.8 Å². The van der Waals surface area contributed by atoms with Gasteiger partial charge in [-0.25, -0.2) is 13.8 Å². The highest BCUT2D eigenvalue weighted by molar-refractivity contribution is 5.98. The quantitative estimate of drug-likeness (QED) is 0.240. The van der Waals surface area contributed by atoms with Crippen molar-refractivity contribution in [2.45, 2.75) is 83.5 Å². The molecule has 7 nitrogen and oxygen atoms in total. The molecule has 4 heterocycles. The molecule has 1 fully saturated rings. The van der Waals surface area contributed by atoms with Gasteiger partial charge in [0, 0.05) is 47.4 Å². The molecule has 3 aromatic heterocycles. The molecule has 0 bridgehead atoms. The summed E-state index contributed by atoms with van der Waals surface area (Å²) in [7, 11) is 0. The van der Waals surface area contributed by atoms with E-state index in [1.807, 2.05) is 38.1 Å². The Morgan fingerprint density at radius 3 is 2.73 bits per heavy atom. The normalized spacial score (nSPS) is 21.3. The number of carbonyl (C=O) groups excluding carboxylic acids is 1. The lowest BCUT2D eigenvalue weighted by atomic mass is 9.77. The molecular formula is C35H40F2N6O. The molecule has 9 heteroatoms. The highest BCUT2D eigenvalue weighted by atomic mass is 19.1. The van der Waals surface area contributed by atoms with Crippen LogP contribution >= 0.6 is 0 Å². The summed E-state index contributed by atoms with van der Waals surface area (Å²) in [4.78, 5) is 25.4. The largest absolute Gasteiger partial charge is 0.345 e. The van der Waals surface area contributed by atoms with Gasteiger partial charge in [0.2, 0.25) is 0 Å². The molecule has 1 saturated heterocycles. The Kier molecular flexibility index (Phi) is 8.67. The SMILES string of the molecule is CC1CCCCN1CCC(NC(=O)c1cc(F)c2nc3c(cc2c1)CC(F)(C(C)C)CC3)c1ccc(-c2ccnnc2)nc1. The van der Waals surface area contributed by atoms with E-state index in [0.717, 1.165) is 41.2 Å². The third-order valence-corrected chi connectivity index (χ3v) is 9.62. The van der Waals surface area contributed by atoms with Crippen LogP contribution in [0.15, 0.2) is 55.0 Å². The van der Waals surface area contributed by atoms with E-state index in [9.17, 15) is 4.79 Å². The monoisotopic (exact) mass is 598 g/mol. The highest BCUT2D eigenvalue weighted by Crippen LogP contribution is 2.38. The zero-order valence-corrected chi connectivity index (χ0v) is 25.7. The first-order valence-corrected chi connectivity index (χ1v) is 15.8. The maximum absolute atomic E-state index is 15.5. The Morgan fingerprint density at radius 2 is 2.00 bits per heavy atom. The molecule has 6 rings (SSSR count). The Bertz CT molecular complexity index is 1630. The lowest BCUT2D eigenvalue weighted by Gasteiger charge is -2.34. The third kappa shape index (κ3) is 6.34. The number of likely N-dealkylation sites (tertiary alicyclic amines) is 1. The number of nitrogens with zero attached hydrogens (tertiary/aromatic N) is 5. The van der Waals surface area contributed by atoms with Crippen LogP contribution in [0.25, 0.3) is 22.2 Å². The topological polar surface area (TPSA) is 83.9 Å². The molecule has 1 N–H and O–H groups in total. The molecule has 2 aliphatic rings. The summed E-state index contributed by atoms with van der Waals surface area (Å²) in [5.74, 6) is -1.05. The van der Waals surface area contributed by atoms with Gasteiger partial charge in [-0.3, -0.25) is 9.78 Å². The molecule has 1 aliphatic carbocycles. The first kappa shape index (κ1) is 30.2. The number of piperidine rings is 1. The van der Waals surface area contributed by atoms with E-state index < -0.39 is 11.5 Å². The molecule has 0 radical (unpaired) electrons. The number of nitrogens with one attached hydrogen (secondary N) is 1. The van der Waals surface area contributed by atoms with E-state index in [1.54, 1.807) is 24.7 Å². The smallest absolute Gasteiger partial charge is 0.251 e. The fourth-order valence-corrected chi connectivity index (χ4v) is 6.62. The number of halogens is 2. The minimum absolute atomic E-state index is 0.130. The van der Waals surface area contributed by atoms with E-state index >= 15 is 8.78 Å². The average Bonchev–Trinajstić information content (AvgIpc) is 3.03. The summed E-state index contributed by atoms with van der Waals surface area (Å²) in [6.45, 7) is 7.90. The Labute approximate surface area is 257 Å². The van der Waals surface area contributed by atoms with Gasteiger partial charge in [-0.1, -0.05) is 26.3 Å². The summed E-state index contributed by atoms with van der Waals surface area (Å²) in [6, 6.07) is 10.7. The number of pyridine rings is 2. The van der Waals surface area contributed by atoms with Crippen molar-refractivity contribution in [2.24, 2.45) is 5.92 Å². The second-order valence-corrected chi connectivity index (χ2v) is 12.8. The summed E-state index contributed by atoms with van der Waals surface area (Å²) < 4.78 is 31.0. The van der Waals surface area contributed by atoms with Crippen molar-refractivity contribution < 1.29 is 13.6 Å². The molecule has 44 heavy (non-hydrogen) atoms. The number of aryl methyl sites for hydroxylation is 1. The molecule has 230 valence electrons. The number of aromatic nitrogens is 4. The molecule has 0 spiro atoms. The molecule has 1 amide bonds. The fourth-order valence-electron chi connectivity index (χ4n) is 6.62. The summed E-state index contributed by atoms with van der Waals surface area (Å²) in [6.07, 6.45) is 10.4. The Balaban J connectivity index is 1.27. The number of hydrogen-bond donors (Lipinski definition) is 1. The van der Waals surface area contributed by atoms with Crippen molar-refractivity contribution in [3.8, 4) is 11.3 Å². The van der Waals surface area contributed by atoms with Crippen LogP contribution in [0.2, 0.25) is 0 Å². The van der Waals surface area contributed by atoms with Crippen LogP contribution < -0.4 is 5.32 Å². The maximum atomic E-state index is 15.5. The highest BCUT2D eigenvalue weighted by Gasteiger charge is 2.38. The number of carbonyl (C=O) groups is 1. The van der Waals surface area contributed by atoms with Crippen molar-refractivity contribution in [2.75, 3.05) is 13.1 Å². The van der Waals surface area contributed by atoms with Crippen molar-refractivity contribution in [3.05, 3.63) is 83.2 Å². The summed E-state index contributed by atoms with van der Waals surface area (Å²) >= 11 is 0. The van der Waals surface area contributed by atoms with Crippen LogP contribution in [0.1, 0.15) is 86.1 Å². The van der Waals surface area contributed by atoms with Crippen molar-refractivity contribution in [3.63, 3.8) is 0 Å². The molecule has 1 aromatic carbocycles. The van der Waals surface area contributed by atoms with Gasteiger partial charge in [-0.2, -0.15) is 10.2 Å². The van der Waals surface area contributed by atoms with Gasteiger partial charge in [0.15, 0.2) is 0 Å². The lowest BCUT2D eigenvalue weighted by Crippen LogP contribution is -2.40. The van der Waals surface area contributed by atoms with Crippen molar-refractivity contribution in [1.29, 1.82) is 0 Å². The third-order valence-electron chi connectivity index (χ3n) is 9.62. The molecule has 0 saturated carbocycles. The second kappa shape index (κ2) is 12.6. The van der Waals surface area contributed by atoms with Gasteiger partial charge in [-0.15, -0.1) is 0 Å². The van der Waals surface area contributed by atoms with E-state index in [2.05, 4.69) is 37.3 Å². The van der Waals surface area contributed by atoms with E-state index in [0.29, 0.717) is 30.7 Å². The van der Waals surface area contributed by atoms with Crippen LogP contribution in [-0.2, 0) is 12.8 Å². The number of amides is 1. The molecular weight excluding hydrogens is 558 g/mol. The number of fused-ring (bicyclic) bond motifs is 2. The minimum atomic E-state index is -1.31. The van der Waals surface area contributed by atoms with E-state index in [4.69, 9.17) is 0 Å². The molecule has 1 aliphatic heterocycles. The zero-order chi connectivity index (χ0) is 30.8. The molecule has 3 unspecified atom stereocenters. The van der Waals surface area contributed by atoms with E-state index in [-0.39, 0.29) is 35.4 Å². The van der Waals surface area contributed by atoms with Crippen LogP contribution in [0.3, 0.4) is 0 Å². The Hall–Kier alpha value is -3.85. The first-order valence-electron chi connectivity index (χ1n) is 15.8. The Morgan fingerprint density at radius 1 is 1.14 bits per heavy atom. The summed E-state index contributed by atoms with van der Waals surface area (Å²) in [5.41, 5.74) is 3.15. The fraction of sp³-hybridized carbons (Fsp3) is 0.457. The van der Waals surface area contributed by atoms with Gasteiger partial charge in [-0.05, 0) is 92.9 Å². The van der Waals surface area contributed by atoms with Gasteiger partial charge >= 0.3 is 0 Å². The minimum Gasteiger partial charge on any atom is -0.345 e. The first-order chi connectivity index (χ1) is 21.2. The average molecular weight is 599 g/mol. The van der Waals surface area contributed by atoms with Gasteiger partial charge in [0.05, 0.1) is 24.1 Å². The van der Waals surface area contributed by atoms with Gasteiger partial charge < -0.3 is 10.2 Å². The zero-order valence-electron chi connectivity index (χ0n) is 25.7. The van der Waals surface area contributed by atoms with Gasteiger partial charge in [0.1, 0.15) is 17.0 Å². The maximum Gasteiger partial charge on any atom is 0.251 e. The molecule has 4 aromatic rings. The number of rotatable bonds is 8. The standard InChI is InChI=1S/C35H40F2N6O/c1-22(2)35(37)12-9-31-28(19-35)17-26-16-27(18-29(36)33(26)41-31)34(44)42-32(11-15-43-14-5-4-6-23(43)3)24-7-8-30(38-20-24)25-10-13-39-40-21-25/h7-8,10,13,16-18,20-23,32H,4-6,9,11-12,14-15,19H2,1-3H3,(H,42,44). The van der Waals surface area contributed by atoms with Crippen molar-refractivity contribution in [1.82, 2.24) is 30.4 Å². The van der Waals surface area contributed by atoms with Crippen LogP contribution in [0, 0.1) is 11.7 Å². The van der Waals surface area contributed by atoms with E-state index in [1.165, 1.54) is 25.3 Å². The lowest BCUT2D eigenvalue weighted by molar-refractivity contribution is 0.0821. The second-order valence-electron chi connectivity index (χ2n) is 12.8. The summed E-state index contributed by atoms with van der Waals surface area (Å²) in [5, 5.41) is 11.5. The predicted molar refractivity (Wildman–Crippen MR) is 167 cm³/mol.